The van der Waals surface area contributed by atoms with E-state index in [9.17, 15) is 22.8 Å². The van der Waals surface area contributed by atoms with Crippen LogP contribution in [0.15, 0.2) is 65.7 Å². The minimum absolute atomic E-state index is 0.115. The molecule has 0 saturated heterocycles. The van der Waals surface area contributed by atoms with E-state index < -0.39 is 29.8 Å². The summed E-state index contributed by atoms with van der Waals surface area (Å²) >= 11 is 1.37. The molecule has 4 aromatic rings. The van der Waals surface area contributed by atoms with Crippen molar-refractivity contribution in [1.82, 2.24) is 9.66 Å². The Morgan fingerprint density at radius 2 is 1.91 bits per heavy atom. The third-order valence-corrected chi connectivity index (χ3v) is 5.64. The van der Waals surface area contributed by atoms with Gasteiger partial charge in [0.05, 0.1) is 10.9 Å². The molecule has 0 aliphatic heterocycles. The van der Waals surface area contributed by atoms with Crippen molar-refractivity contribution in [3.63, 3.8) is 0 Å². The van der Waals surface area contributed by atoms with E-state index in [-0.39, 0.29) is 5.75 Å². The number of carbonyl (C=O) groups excluding carboxylic acids is 1. The molecule has 164 valence electrons. The fourth-order valence-corrected chi connectivity index (χ4v) is 4.22. The SMILES string of the molecule is Cc1sc2ncn(NC(=O)COc3cccc(C(F)(F)F)c3)c(=O)c2c1-c1ccccc1. The van der Waals surface area contributed by atoms with Crippen LogP contribution in [-0.4, -0.2) is 22.2 Å². The van der Waals surface area contributed by atoms with E-state index in [1.807, 2.05) is 37.3 Å². The Balaban J connectivity index is 1.55. The number of benzene rings is 2. The summed E-state index contributed by atoms with van der Waals surface area (Å²) in [6.45, 7) is 1.31. The average Bonchev–Trinajstić information content (AvgIpc) is 3.11. The second kappa shape index (κ2) is 8.46. The van der Waals surface area contributed by atoms with Crippen LogP contribution < -0.4 is 15.7 Å². The molecule has 0 aliphatic rings. The average molecular weight is 459 g/mol. The molecule has 1 amide bonds. The van der Waals surface area contributed by atoms with Crippen LogP contribution in [0, 0.1) is 6.92 Å². The number of fused-ring (bicyclic) bond motifs is 1. The standard InChI is InChI=1S/C22H16F3N3O3S/c1-13-18(14-6-3-2-4-7-14)19-20(32-13)26-12-28(21(19)30)27-17(29)11-31-16-9-5-8-15(10-16)22(23,24)25/h2-10,12H,11H2,1H3,(H,27,29). The highest BCUT2D eigenvalue weighted by Crippen LogP contribution is 2.35. The van der Waals surface area contributed by atoms with Gasteiger partial charge in [0.2, 0.25) is 0 Å². The minimum Gasteiger partial charge on any atom is -0.484 e. The maximum atomic E-state index is 13.0. The highest BCUT2D eigenvalue weighted by Gasteiger charge is 2.30. The lowest BCUT2D eigenvalue weighted by Crippen LogP contribution is -2.35. The van der Waals surface area contributed by atoms with Gasteiger partial charge in [0.25, 0.3) is 11.5 Å². The maximum Gasteiger partial charge on any atom is 0.416 e. The molecule has 2 heterocycles. The number of alkyl halides is 3. The Hall–Kier alpha value is -3.66. The molecule has 10 heteroatoms. The van der Waals surface area contributed by atoms with Gasteiger partial charge in [0, 0.05) is 10.4 Å². The van der Waals surface area contributed by atoms with E-state index in [1.165, 1.54) is 29.8 Å². The number of aromatic nitrogens is 2. The van der Waals surface area contributed by atoms with Crippen molar-refractivity contribution in [1.29, 1.82) is 0 Å². The molecule has 4 rings (SSSR count). The first-order valence-electron chi connectivity index (χ1n) is 9.40. The fraction of sp³-hybridized carbons (Fsp3) is 0.136. The van der Waals surface area contributed by atoms with Crippen molar-refractivity contribution in [3.05, 3.63) is 81.7 Å². The maximum absolute atomic E-state index is 13.0. The largest absolute Gasteiger partial charge is 0.484 e. The Morgan fingerprint density at radius 1 is 1.16 bits per heavy atom. The topological polar surface area (TPSA) is 73.2 Å². The predicted molar refractivity (Wildman–Crippen MR) is 115 cm³/mol. The van der Waals surface area contributed by atoms with Crippen molar-refractivity contribution < 1.29 is 22.7 Å². The Morgan fingerprint density at radius 3 is 2.62 bits per heavy atom. The smallest absolute Gasteiger partial charge is 0.416 e. The molecule has 0 saturated carbocycles. The lowest BCUT2D eigenvalue weighted by atomic mass is 10.0. The van der Waals surface area contributed by atoms with Crippen LogP contribution in [0.5, 0.6) is 5.75 Å². The van der Waals surface area contributed by atoms with Crippen molar-refractivity contribution in [3.8, 4) is 16.9 Å². The van der Waals surface area contributed by atoms with Gasteiger partial charge < -0.3 is 4.74 Å². The summed E-state index contributed by atoms with van der Waals surface area (Å²) in [6, 6.07) is 13.5. The zero-order valence-corrected chi connectivity index (χ0v) is 17.5. The number of hydrogen-bond donors (Lipinski definition) is 1. The first kappa shape index (κ1) is 21.6. The number of ether oxygens (including phenoxy) is 1. The number of carbonyl (C=O) groups is 1. The third-order valence-electron chi connectivity index (χ3n) is 4.63. The van der Waals surface area contributed by atoms with E-state index in [4.69, 9.17) is 4.74 Å². The van der Waals surface area contributed by atoms with Crippen molar-refractivity contribution in [2.75, 3.05) is 12.0 Å². The Labute approximate surface area is 183 Å². The molecule has 1 N–H and O–H groups in total. The van der Waals surface area contributed by atoms with E-state index in [0.717, 1.165) is 32.8 Å². The second-order valence-corrected chi connectivity index (χ2v) is 8.05. The number of thiophene rings is 1. The zero-order chi connectivity index (χ0) is 22.9. The van der Waals surface area contributed by atoms with Gasteiger partial charge in [0.1, 0.15) is 16.9 Å². The lowest BCUT2D eigenvalue weighted by Gasteiger charge is -2.11. The van der Waals surface area contributed by atoms with Gasteiger partial charge >= 0.3 is 6.18 Å². The van der Waals surface area contributed by atoms with Gasteiger partial charge in [-0.2, -0.15) is 13.2 Å². The summed E-state index contributed by atoms with van der Waals surface area (Å²) < 4.78 is 44.5. The molecule has 2 aromatic carbocycles. The molecular weight excluding hydrogens is 443 g/mol. The van der Waals surface area contributed by atoms with Crippen LogP contribution in [0.3, 0.4) is 0 Å². The molecule has 0 fully saturated rings. The van der Waals surface area contributed by atoms with Gasteiger partial charge in [-0.3, -0.25) is 15.0 Å². The summed E-state index contributed by atoms with van der Waals surface area (Å²) in [5, 5.41) is 0.375. The van der Waals surface area contributed by atoms with Gasteiger partial charge in [-0.05, 0) is 30.7 Å². The number of halogens is 3. The van der Waals surface area contributed by atoms with E-state index in [1.54, 1.807) is 0 Å². The third kappa shape index (κ3) is 4.35. The van der Waals surface area contributed by atoms with E-state index in [0.29, 0.717) is 10.2 Å². The number of nitrogens with zero attached hydrogens (tertiary/aromatic N) is 2. The summed E-state index contributed by atoms with van der Waals surface area (Å²) in [6.07, 6.45) is -3.33. The number of nitrogens with one attached hydrogen (secondary N) is 1. The molecule has 0 atom stereocenters. The first-order chi connectivity index (χ1) is 15.2. The number of amides is 1. The number of hydrogen-bond acceptors (Lipinski definition) is 5. The van der Waals surface area contributed by atoms with Gasteiger partial charge in [-0.25, -0.2) is 9.66 Å². The van der Waals surface area contributed by atoms with Crippen LogP contribution >= 0.6 is 11.3 Å². The molecule has 32 heavy (non-hydrogen) atoms. The summed E-state index contributed by atoms with van der Waals surface area (Å²) in [4.78, 5) is 31.0. The predicted octanol–water partition coefficient (Wildman–Crippen LogP) is 4.60. The molecule has 6 nitrogen and oxygen atoms in total. The van der Waals surface area contributed by atoms with Crippen molar-refractivity contribution in [2.24, 2.45) is 0 Å². The van der Waals surface area contributed by atoms with Crippen LogP contribution in [0.4, 0.5) is 13.2 Å². The first-order valence-corrected chi connectivity index (χ1v) is 10.2. The summed E-state index contributed by atoms with van der Waals surface area (Å²) in [7, 11) is 0. The Bertz CT molecular complexity index is 1350. The van der Waals surface area contributed by atoms with Crippen LogP contribution in [0.2, 0.25) is 0 Å². The van der Waals surface area contributed by atoms with Gasteiger partial charge in [-0.1, -0.05) is 36.4 Å². The Kier molecular flexibility index (Phi) is 5.70. The van der Waals surface area contributed by atoms with E-state index in [2.05, 4.69) is 10.4 Å². The van der Waals surface area contributed by atoms with Crippen molar-refractivity contribution in [2.45, 2.75) is 13.1 Å². The van der Waals surface area contributed by atoms with E-state index >= 15 is 0 Å². The molecule has 0 aliphatic carbocycles. The molecule has 0 spiro atoms. The highest BCUT2D eigenvalue weighted by molar-refractivity contribution is 7.19. The summed E-state index contributed by atoms with van der Waals surface area (Å²) in [5.41, 5.74) is 2.61. The quantitative estimate of drug-likeness (QED) is 0.473. The molecule has 2 aromatic heterocycles. The minimum atomic E-state index is -4.52. The normalized spacial score (nSPS) is 11.5. The summed E-state index contributed by atoms with van der Waals surface area (Å²) in [5.74, 6) is -0.838. The second-order valence-electron chi connectivity index (χ2n) is 6.85. The lowest BCUT2D eigenvalue weighted by molar-refractivity contribution is -0.137. The molecule has 0 radical (unpaired) electrons. The number of aryl methyl sites for hydroxylation is 1. The van der Waals surface area contributed by atoms with Crippen LogP contribution in [0.25, 0.3) is 21.3 Å². The fourth-order valence-electron chi connectivity index (χ4n) is 3.21. The highest BCUT2D eigenvalue weighted by atomic mass is 32.1. The zero-order valence-electron chi connectivity index (χ0n) is 16.6. The molecular formula is C22H16F3N3O3S. The van der Waals surface area contributed by atoms with Crippen LogP contribution in [0.1, 0.15) is 10.4 Å². The monoisotopic (exact) mass is 459 g/mol. The van der Waals surface area contributed by atoms with Crippen LogP contribution in [-0.2, 0) is 11.0 Å². The number of rotatable bonds is 5. The molecule has 0 bridgehead atoms. The van der Waals surface area contributed by atoms with Gasteiger partial charge in [-0.15, -0.1) is 11.3 Å². The van der Waals surface area contributed by atoms with Crippen molar-refractivity contribution >= 4 is 27.5 Å². The molecule has 0 unspecified atom stereocenters. The van der Waals surface area contributed by atoms with Gasteiger partial charge in [0.15, 0.2) is 6.61 Å².